The molecule has 1 saturated heterocycles. The second-order valence-corrected chi connectivity index (χ2v) is 4.24. The summed E-state index contributed by atoms with van der Waals surface area (Å²) in [4.78, 5) is 11.6. The van der Waals surface area contributed by atoms with Crippen molar-refractivity contribution < 1.29 is 9.53 Å². The molecule has 1 aromatic carbocycles. The molecule has 3 heteroatoms. The molecule has 1 heterocycles. The van der Waals surface area contributed by atoms with Crippen LogP contribution < -0.4 is 5.32 Å². The molecule has 3 nitrogen and oxygen atoms in total. The zero-order valence-electron chi connectivity index (χ0n) is 9.48. The summed E-state index contributed by atoms with van der Waals surface area (Å²) in [5.74, 6) is 0.269. The van der Waals surface area contributed by atoms with Gasteiger partial charge in [-0.2, -0.15) is 0 Å². The van der Waals surface area contributed by atoms with Gasteiger partial charge in [-0.05, 0) is 24.4 Å². The molecule has 0 aliphatic carbocycles. The van der Waals surface area contributed by atoms with Crippen molar-refractivity contribution in [1.29, 1.82) is 0 Å². The Morgan fingerprint density at radius 1 is 1.38 bits per heavy atom. The summed E-state index contributed by atoms with van der Waals surface area (Å²) in [6.07, 6.45) is 0.938. The minimum atomic E-state index is -0.0917. The zero-order valence-corrected chi connectivity index (χ0v) is 9.48. The van der Waals surface area contributed by atoms with Crippen molar-refractivity contribution >= 4 is 5.97 Å². The second-order valence-electron chi connectivity index (χ2n) is 4.24. The molecule has 0 radical (unpaired) electrons. The lowest BCUT2D eigenvalue weighted by atomic mass is 9.90. The molecule has 0 amide bonds. The molecule has 1 N–H and O–H groups in total. The van der Waals surface area contributed by atoms with E-state index < -0.39 is 0 Å². The number of hydrogen-bond donors (Lipinski definition) is 1. The minimum absolute atomic E-state index is 0.00482. The summed E-state index contributed by atoms with van der Waals surface area (Å²) in [7, 11) is 1.46. The van der Waals surface area contributed by atoms with E-state index in [9.17, 15) is 4.79 Å². The van der Waals surface area contributed by atoms with Gasteiger partial charge in [-0.1, -0.05) is 30.3 Å². The lowest BCUT2D eigenvalue weighted by Gasteiger charge is -2.16. The third-order valence-corrected chi connectivity index (χ3v) is 3.18. The molecule has 0 unspecified atom stereocenters. The van der Waals surface area contributed by atoms with Gasteiger partial charge in [0.25, 0.3) is 0 Å². The van der Waals surface area contributed by atoms with Crippen molar-refractivity contribution in [2.75, 3.05) is 20.2 Å². The Bertz CT molecular complexity index is 350. The number of rotatable bonds is 3. The molecule has 0 bridgehead atoms. The van der Waals surface area contributed by atoms with Crippen LogP contribution >= 0.6 is 0 Å². The summed E-state index contributed by atoms with van der Waals surface area (Å²) in [6.45, 7) is 1.64. The fourth-order valence-corrected chi connectivity index (χ4v) is 2.29. The molecule has 1 aromatic rings. The Kier molecular flexibility index (Phi) is 3.57. The van der Waals surface area contributed by atoms with Crippen molar-refractivity contribution in [3.05, 3.63) is 35.9 Å². The van der Waals surface area contributed by atoms with Crippen LogP contribution in [0, 0.1) is 11.8 Å². The average molecular weight is 219 g/mol. The number of hydrogen-bond acceptors (Lipinski definition) is 3. The highest BCUT2D eigenvalue weighted by Crippen LogP contribution is 2.22. The summed E-state index contributed by atoms with van der Waals surface area (Å²) in [6, 6.07) is 10.3. The van der Waals surface area contributed by atoms with Gasteiger partial charge in [-0.15, -0.1) is 0 Å². The topological polar surface area (TPSA) is 38.3 Å². The molecule has 1 aliphatic rings. The maximum atomic E-state index is 11.6. The first-order chi connectivity index (χ1) is 7.81. The van der Waals surface area contributed by atoms with Crippen LogP contribution in [-0.2, 0) is 16.0 Å². The molecule has 1 aliphatic heterocycles. The van der Waals surface area contributed by atoms with E-state index in [0.717, 1.165) is 19.5 Å². The van der Waals surface area contributed by atoms with E-state index >= 15 is 0 Å². The molecule has 16 heavy (non-hydrogen) atoms. The van der Waals surface area contributed by atoms with Crippen LogP contribution in [0.2, 0.25) is 0 Å². The first-order valence-corrected chi connectivity index (χ1v) is 5.63. The molecule has 86 valence electrons. The number of nitrogens with one attached hydrogen (secondary N) is 1. The highest BCUT2D eigenvalue weighted by Gasteiger charge is 2.33. The lowest BCUT2D eigenvalue weighted by molar-refractivity contribution is -0.146. The van der Waals surface area contributed by atoms with Crippen molar-refractivity contribution in [3.63, 3.8) is 0 Å². The van der Waals surface area contributed by atoms with Gasteiger partial charge in [-0.3, -0.25) is 4.79 Å². The largest absolute Gasteiger partial charge is 0.469 e. The normalized spacial score (nSPS) is 24.3. The molecule has 1 fully saturated rings. The molecule has 0 spiro atoms. The maximum absolute atomic E-state index is 11.6. The fraction of sp³-hybridized carbons (Fsp3) is 0.462. The first-order valence-electron chi connectivity index (χ1n) is 5.63. The highest BCUT2D eigenvalue weighted by atomic mass is 16.5. The Morgan fingerprint density at radius 2 is 2.12 bits per heavy atom. The van der Waals surface area contributed by atoms with Gasteiger partial charge >= 0.3 is 5.97 Å². The highest BCUT2D eigenvalue weighted by molar-refractivity contribution is 5.73. The Balaban J connectivity index is 2.01. The fourth-order valence-electron chi connectivity index (χ4n) is 2.29. The monoisotopic (exact) mass is 219 g/mol. The Morgan fingerprint density at radius 3 is 2.81 bits per heavy atom. The summed E-state index contributed by atoms with van der Waals surface area (Å²) in [5, 5.41) is 3.26. The van der Waals surface area contributed by atoms with Gasteiger partial charge in [0.1, 0.15) is 0 Å². The Hall–Kier alpha value is -1.35. The van der Waals surface area contributed by atoms with Crippen molar-refractivity contribution in [2.24, 2.45) is 11.8 Å². The molecular formula is C13H17NO2. The SMILES string of the molecule is COC(=O)[C@@H]1CNC[C@H]1Cc1ccccc1. The van der Waals surface area contributed by atoms with Crippen LogP contribution in [0.5, 0.6) is 0 Å². The minimum Gasteiger partial charge on any atom is -0.469 e. The van der Waals surface area contributed by atoms with Crippen LogP contribution in [-0.4, -0.2) is 26.2 Å². The van der Waals surface area contributed by atoms with E-state index in [0.29, 0.717) is 5.92 Å². The van der Waals surface area contributed by atoms with Crippen molar-refractivity contribution in [2.45, 2.75) is 6.42 Å². The van der Waals surface area contributed by atoms with Gasteiger partial charge in [-0.25, -0.2) is 0 Å². The molecule has 0 aromatic heterocycles. The predicted molar refractivity (Wildman–Crippen MR) is 62.0 cm³/mol. The molecular weight excluding hydrogens is 202 g/mol. The van der Waals surface area contributed by atoms with Gasteiger partial charge in [0, 0.05) is 6.54 Å². The van der Waals surface area contributed by atoms with Crippen molar-refractivity contribution in [3.8, 4) is 0 Å². The summed E-state index contributed by atoms with van der Waals surface area (Å²) in [5.41, 5.74) is 1.28. The van der Waals surface area contributed by atoms with E-state index in [2.05, 4.69) is 17.4 Å². The summed E-state index contributed by atoms with van der Waals surface area (Å²) >= 11 is 0. The van der Waals surface area contributed by atoms with Crippen LogP contribution in [0.1, 0.15) is 5.56 Å². The van der Waals surface area contributed by atoms with E-state index in [-0.39, 0.29) is 11.9 Å². The van der Waals surface area contributed by atoms with Gasteiger partial charge < -0.3 is 10.1 Å². The van der Waals surface area contributed by atoms with Crippen LogP contribution in [0.3, 0.4) is 0 Å². The Labute approximate surface area is 95.8 Å². The standard InChI is InChI=1S/C13H17NO2/c1-16-13(15)12-9-14-8-11(12)7-10-5-3-2-4-6-10/h2-6,11-12,14H,7-9H2,1H3/t11-,12-/m1/s1. The number of methoxy groups -OCH3 is 1. The van der Waals surface area contributed by atoms with E-state index in [1.165, 1.54) is 12.7 Å². The quantitative estimate of drug-likeness (QED) is 0.777. The number of carbonyl (C=O) groups is 1. The first kappa shape index (κ1) is 11.1. The smallest absolute Gasteiger partial charge is 0.310 e. The van der Waals surface area contributed by atoms with Crippen LogP contribution in [0.15, 0.2) is 30.3 Å². The number of carbonyl (C=O) groups excluding carboxylic acids is 1. The van der Waals surface area contributed by atoms with Crippen LogP contribution in [0.25, 0.3) is 0 Å². The third kappa shape index (κ3) is 2.42. The molecule has 0 saturated carbocycles. The number of ether oxygens (including phenoxy) is 1. The second kappa shape index (κ2) is 5.12. The lowest BCUT2D eigenvalue weighted by Crippen LogP contribution is -2.25. The van der Waals surface area contributed by atoms with E-state index in [1.54, 1.807) is 0 Å². The van der Waals surface area contributed by atoms with E-state index in [1.807, 2.05) is 18.2 Å². The van der Waals surface area contributed by atoms with E-state index in [4.69, 9.17) is 4.74 Å². The predicted octanol–water partition coefficient (Wildman–Crippen LogP) is 1.24. The molecule has 2 atom stereocenters. The molecule has 2 rings (SSSR count). The van der Waals surface area contributed by atoms with Gasteiger partial charge in [0.2, 0.25) is 0 Å². The zero-order chi connectivity index (χ0) is 11.4. The maximum Gasteiger partial charge on any atom is 0.310 e. The van der Waals surface area contributed by atoms with Gasteiger partial charge in [0.05, 0.1) is 13.0 Å². The summed E-state index contributed by atoms with van der Waals surface area (Å²) < 4.78 is 4.82. The number of benzene rings is 1. The van der Waals surface area contributed by atoms with Crippen molar-refractivity contribution in [1.82, 2.24) is 5.32 Å². The number of esters is 1. The van der Waals surface area contributed by atoms with Crippen LogP contribution in [0.4, 0.5) is 0 Å². The third-order valence-electron chi connectivity index (χ3n) is 3.18. The van der Waals surface area contributed by atoms with Gasteiger partial charge in [0.15, 0.2) is 0 Å². The average Bonchev–Trinajstić information content (AvgIpc) is 2.77.